The minimum absolute atomic E-state index is 0.723. The van der Waals surface area contributed by atoms with Crippen LogP contribution in [-0.4, -0.2) is 9.97 Å². The van der Waals surface area contributed by atoms with E-state index in [0.717, 1.165) is 21.8 Å². The monoisotopic (exact) mass is 438 g/mol. The fourth-order valence-electron chi connectivity index (χ4n) is 5.17. The average molecular weight is 438 g/mol. The van der Waals surface area contributed by atoms with Gasteiger partial charge in [-0.05, 0) is 47.1 Å². The summed E-state index contributed by atoms with van der Waals surface area (Å²) in [6.45, 7) is 0. The molecule has 0 fully saturated rings. The van der Waals surface area contributed by atoms with Crippen molar-refractivity contribution in [1.82, 2.24) is 9.97 Å². The molecule has 3 heterocycles. The highest BCUT2D eigenvalue weighted by atomic mass is 31.1. The topological polar surface area (TPSA) is 25.8 Å². The van der Waals surface area contributed by atoms with Gasteiger partial charge in [-0.1, -0.05) is 91.0 Å². The Morgan fingerprint density at radius 2 is 0.939 bits per heavy atom. The first-order valence-corrected chi connectivity index (χ1v) is 12.5. The van der Waals surface area contributed by atoms with Crippen molar-refractivity contribution < 1.29 is 0 Å². The molecular formula is C30H19N2P. The zero-order valence-electron chi connectivity index (χ0n) is 17.8. The van der Waals surface area contributed by atoms with E-state index >= 15 is 0 Å². The molecular weight excluding hydrogens is 419 g/mol. The Morgan fingerprint density at radius 3 is 1.48 bits per heavy atom. The minimum Gasteiger partial charge on any atom is -0.254 e. The third kappa shape index (κ3) is 2.71. The molecule has 2 nitrogen and oxygen atoms in total. The third-order valence-corrected chi connectivity index (χ3v) is 9.03. The fraction of sp³-hybridized carbons (Fsp3) is 0. The smallest absolute Gasteiger partial charge is 0.0971 e. The molecule has 4 aromatic carbocycles. The Balaban J connectivity index is 1.76. The maximum atomic E-state index is 4.80. The molecule has 6 aromatic rings. The third-order valence-electron chi connectivity index (χ3n) is 6.47. The number of aromatic nitrogens is 2. The highest BCUT2D eigenvalue weighted by Gasteiger charge is 2.30. The molecule has 0 amide bonds. The van der Waals surface area contributed by atoms with Crippen LogP contribution in [0.4, 0.5) is 0 Å². The standard InChI is InChI=1S/C30H19N2P/c1-2-10-20(11-3-1)33-25-16-6-4-12-21(25)27-23-14-8-18-31-29(23)30-24(15-9-19-32-30)28(27)22-13-5-7-17-26(22)33/h1-19H. The molecule has 0 spiro atoms. The van der Waals surface area contributed by atoms with Crippen molar-refractivity contribution in [2.45, 2.75) is 0 Å². The van der Waals surface area contributed by atoms with Gasteiger partial charge in [0.05, 0.1) is 11.0 Å². The second kappa shape index (κ2) is 7.33. The number of benzene rings is 4. The van der Waals surface area contributed by atoms with Gasteiger partial charge in [0.15, 0.2) is 0 Å². The number of pyridine rings is 2. The summed E-state index contributed by atoms with van der Waals surface area (Å²) in [5, 5.41) is 6.46. The van der Waals surface area contributed by atoms with Crippen molar-refractivity contribution >= 4 is 45.6 Å². The van der Waals surface area contributed by atoms with Crippen LogP contribution in [0.2, 0.25) is 0 Å². The molecule has 33 heavy (non-hydrogen) atoms. The van der Waals surface area contributed by atoms with Crippen molar-refractivity contribution in [1.29, 1.82) is 0 Å². The van der Waals surface area contributed by atoms with Crippen LogP contribution in [0, 0.1) is 0 Å². The highest BCUT2D eigenvalue weighted by Crippen LogP contribution is 2.50. The maximum absolute atomic E-state index is 4.80. The Labute approximate surface area is 193 Å². The molecule has 0 unspecified atom stereocenters. The van der Waals surface area contributed by atoms with Gasteiger partial charge in [-0.15, -0.1) is 0 Å². The molecule has 3 heteroatoms. The molecule has 0 atom stereocenters. The minimum atomic E-state index is -0.723. The molecule has 0 saturated heterocycles. The molecule has 1 aliphatic heterocycles. The summed E-state index contributed by atoms with van der Waals surface area (Å²) in [6, 6.07) is 37.3. The lowest BCUT2D eigenvalue weighted by Crippen LogP contribution is -2.21. The normalized spacial score (nSPS) is 12.7. The fourth-order valence-corrected chi connectivity index (χ4v) is 7.78. The zero-order valence-corrected chi connectivity index (χ0v) is 18.7. The predicted molar refractivity (Wildman–Crippen MR) is 140 cm³/mol. The molecule has 7 rings (SSSR count). The molecule has 154 valence electrons. The summed E-state index contributed by atoms with van der Waals surface area (Å²) >= 11 is 0. The number of rotatable bonds is 1. The van der Waals surface area contributed by atoms with Gasteiger partial charge in [0.25, 0.3) is 0 Å². The van der Waals surface area contributed by atoms with Crippen molar-refractivity contribution in [2.75, 3.05) is 0 Å². The van der Waals surface area contributed by atoms with Crippen molar-refractivity contribution in [3.63, 3.8) is 0 Å². The van der Waals surface area contributed by atoms with Gasteiger partial charge < -0.3 is 0 Å². The summed E-state index contributed by atoms with van der Waals surface area (Å²) in [7, 11) is -0.723. The second-order valence-electron chi connectivity index (χ2n) is 8.25. The van der Waals surface area contributed by atoms with Crippen LogP contribution in [0.1, 0.15) is 0 Å². The molecule has 0 N–H and O–H groups in total. The van der Waals surface area contributed by atoms with Gasteiger partial charge in [-0.25, -0.2) is 0 Å². The molecule has 0 bridgehead atoms. The first-order chi connectivity index (χ1) is 16.4. The van der Waals surface area contributed by atoms with E-state index < -0.39 is 7.92 Å². The van der Waals surface area contributed by atoms with Crippen LogP contribution >= 0.6 is 7.92 Å². The van der Waals surface area contributed by atoms with Crippen molar-refractivity contribution in [3.05, 3.63) is 116 Å². The largest absolute Gasteiger partial charge is 0.254 e. The quantitative estimate of drug-likeness (QED) is 0.226. The first kappa shape index (κ1) is 18.7. The van der Waals surface area contributed by atoms with E-state index in [1.165, 1.54) is 38.2 Å². The van der Waals surface area contributed by atoms with E-state index in [9.17, 15) is 0 Å². The van der Waals surface area contributed by atoms with Crippen LogP contribution in [0.3, 0.4) is 0 Å². The lowest BCUT2D eigenvalue weighted by Gasteiger charge is -2.21. The molecule has 0 saturated carbocycles. The summed E-state index contributed by atoms with van der Waals surface area (Å²) in [6.07, 6.45) is 3.74. The van der Waals surface area contributed by atoms with Crippen LogP contribution in [0.25, 0.3) is 44.1 Å². The molecule has 2 aromatic heterocycles. The first-order valence-electron chi connectivity index (χ1n) is 11.1. The predicted octanol–water partition coefficient (Wildman–Crippen LogP) is 6.19. The van der Waals surface area contributed by atoms with Crippen molar-refractivity contribution in [2.24, 2.45) is 0 Å². The summed E-state index contributed by atoms with van der Waals surface area (Å²) < 4.78 is 0. The molecule has 0 aliphatic carbocycles. The Kier molecular flexibility index (Phi) is 4.15. The lowest BCUT2D eigenvalue weighted by molar-refractivity contribution is 1.37. The number of nitrogens with zero attached hydrogens (tertiary/aromatic N) is 2. The van der Waals surface area contributed by atoms with Gasteiger partial charge in [0.2, 0.25) is 0 Å². The van der Waals surface area contributed by atoms with Crippen LogP contribution < -0.4 is 15.9 Å². The number of hydrogen-bond acceptors (Lipinski definition) is 2. The van der Waals surface area contributed by atoms with Gasteiger partial charge in [0, 0.05) is 34.3 Å². The van der Waals surface area contributed by atoms with Gasteiger partial charge in [-0.3, -0.25) is 9.97 Å². The van der Waals surface area contributed by atoms with Crippen LogP contribution in [0.15, 0.2) is 116 Å². The van der Waals surface area contributed by atoms with E-state index in [2.05, 4.69) is 91.0 Å². The molecule has 1 aliphatic rings. The highest BCUT2D eigenvalue weighted by molar-refractivity contribution is 7.80. The van der Waals surface area contributed by atoms with E-state index in [4.69, 9.17) is 9.97 Å². The van der Waals surface area contributed by atoms with E-state index in [1.54, 1.807) is 0 Å². The maximum Gasteiger partial charge on any atom is 0.0971 e. The van der Waals surface area contributed by atoms with Crippen LogP contribution in [0.5, 0.6) is 0 Å². The van der Waals surface area contributed by atoms with Crippen LogP contribution in [-0.2, 0) is 0 Å². The van der Waals surface area contributed by atoms with E-state index in [0.29, 0.717) is 0 Å². The Bertz CT molecular complexity index is 1570. The van der Waals surface area contributed by atoms with Gasteiger partial charge >= 0.3 is 0 Å². The van der Waals surface area contributed by atoms with Gasteiger partial charge in [0.1, 0.15) is 0 Å². The second-order valence-corrected chi connectivity index (χ2v) is 10.4. The van der Waals surface area contributed by atoms with Crippen molar-refractivity contribution in [3.8, 4) is 22.3 Å². The van der Waals surface area contributed by atoms with Gasteiger partial charge in [-0.2, -0.15) is 0 Å². The summed E-state index contributed by atoms with van der Waals surface area (Å²) in [4.78, 5) is 9.59. The summed E-state index contributed by atoms with van der Waals surface area (Å²) in [5.74, 6) is 0. The lowest BCUT2D eigenvalue weighted by atomic mass is 9.88. The van der Waals surface area contributed by atoms with E-state index in [-0.39, 0.29) is 0 Å². The Hall–Kier alpha value is -3.87. The summed E-state index contributed by atoms with van der Waals surface area (Å²) in [5.41, 5.74) is 7.05. The number of hydrogen-bond donors (Lipinski definition) is 0. The molecule has 0 radical (unpaired) electrons. The average Bonchev–Trinajstić information content (AvgIpc) is 3.02. The van der Waals surface area contributed by atoms with E-state index in [1.807, 2.05) is 24.5 Å². The number of fused-ring (bicyclic) bond motifs is 10. The Morgan fingerprint density at radius 1 is 0.455 bits per heavy atom. The SMILES string of the molecule is c1ccc(P2c3ccccc3-c3c(c4cccnc4c4ncccc34)-c3ccccc32)cc1. The zero-order chi connectivity index (χ0) is 21.8.